The quantitative estimate of drug-likeness (QED) is 0.518. The molecule has 0 spiro atoms. The minimum absolute atomic E-state index is 0.0259. The van der Waals surface area contributed by atoms with E-state index in [0.717, 1.165) is 16.1 Å². The Hall–Kier alpha value is -3.70. The minimum atomic E-state index is -4.23. The summed E-state index contributed by atoms with van der Waals surface area (Å²) in [7, 11) is -4.23. The number of carbonyl (C=O) groups is 1. The van der Waals surface area contributed by atoms with Crippen LogP contribution in [0.25, 0.3) is 0 Å². The number of pyridine rings is 1. The van der Waals surface area contributed by atoms with E-state index in [1.807, 2.05) is 6.92 Å². The summed E-state index contributed by atoms with van der Waals surface area (Å²) < 4.78 is 58.7. The summed E-state index contributed by atoms with van der Waals surface area (Å²) in [5.41, 5.74) is 6.51. The molecule has 3 aromatic rings. The van der Waals surface area contributed by atoms with Crippen LogP contribution in [-0.2, 0) is 21.2 Å². The molecule has 184 valence electrons. The van der Waals surface area contributed by atoms with E-state index in [2.05, 4.69) is 4.98 Å². The smallest absolute Gasteiger partial charge is 0.406 e. The second-order valence-electron chi connectivity index (χ2n) is 7.75. The van der Waals surface area contributed by atoms with E-state index >= 15 is 0 Å². The second kappa shape index (κ2) is 9.88. The van der Waals surface area contributed by atoms with Crippen LogP contribution in [0.15, 0.2) is 59.6 Å². The molecule has 0 saturated heterocycles. The van der Waals surface area contributed by atoms with Crippen LogP contribution in [0.2, 0.25) is 0 Å². The number of aromatic nitrogens is 1. The van der Waals surface area contributed by atoms with E-state index in [1.54, 1.807) is 37.3 Å². The van der Waals surface area contributed by atoms with Gasteiger partial charge in [-0.05, 0) is 67.8 Å². The van der Waals surface area contributed by atoms with E-state index in [4.69, 9.17) is 19.9 Å². The average Bonchev–Trinajstić information content (AvgIpc) is 2.83. The maximum atomic E-state index is 14.8. The average molecular weight is 502 g/mol. The molecule has 35 heavy (non-hydrogen) atoms. The van der Waals surface area contributed by atoms with Crippen LogP contribution in [0.5, 0.6) is 17.4 Å². The number of amides is 1. The topological polar surface area (TPSA) is 121 Å². The minimum Gasteiger partial charge on any atom is -0.494 e. The summed E-state index contributed by atoms with van der Waals surface area (Å²) in [6, 6.07) is 12.4. The number of hydrogen-bond acceptors (Lipinski definition) is 7. The number of aryl methyl sites for hydroxylation is 1. The number of nitrogens with two attached hydrogens (primary N) is 1. The fourth-order valence-corrected chi connectivity index (χ4v) is 5.34. The Labute approximate surface area is 202 Å². The lowest BCUT2D eigenvalue weighted by molar-refractivity contribution is 0.0268. The molecule has 1 aliphatic rings. The fourth-order valence-electron chi connectivity index (χ4n) is 3.91. The van der Waals surface area contributed by atoms with Crippen molar-refractivity contribution in [3.05, 3.63) is 77.2 Å². The summed E-state index contributed by atoms with van der Waals surface area (Å²) >= 11 is 0. The van der Waals surface area contributed by atoms with Gasteiger partial charge in [0.25, 0.3) is 0 Å². The number of benzene rings is 2. The third-order valence-electron chi connectivity index (χ3n) is 5.53. The summed E-state index contributed by atoms with van der Waals surface area (Å²) in [5.74, 6) is 0.666. The van der Waals surface area contributed by atoms with E-state index in [-0.39, 0.29) is 29.3 Å². The first kappa shape index (κ1) is 24.4. The number of primary amides is 1. The van der Waals surface area contributed by atoms with E-state index in [0.29, 0.717) is 23.7 Å². The molecule has 11 heteroatoms. The Morgan fingerprint density at radius 3 is 2.49 bits per heavy atom. The monoisotopic (exact) mass is 501 g/mol. The zero-order chi connectivity index (χ0) is 25.2. The Kier molecular flexibility index (Phi) is 6.90. The van der Waals surface area contributed by atoms with Crippen molar-refractivity contribution in [1.82, 2.24) is 9.29 Å². The van der Waals surface area contributed by atoms with Gasteiger partial charge in [0.1, 0.15) is 22.2 Å². The number of halogens is 1. The van der Waals surface area contributed by atoms with Crippen LogP contribution in [0.3, 0.4) is 0 Å². The fraction of sp³-hybridized carbons (Fsp3) is 0.250. The maximum absolute atomic E-state index is 14.8. The van der Waals surface area contributed by atoms with Gasteiger partial charge in [-0.15, -0.1) is 0 Å². The number of ether oxygens (including phenoxy) is 3. The van der Waals surface area contributed by atoms with Crippen LogP contribution in [0, 0.1) is 12.7 Å². The third-order valence-corrected chi connectivity index (χ3v) is 7.36. The number of sulfonamides is 1. The lowest BCUT2D eigenvalue weighted by Gasteiger charge is -2.35. The first-order chi connectivity index (χ1) is 16.7. The highest BCUT2D eigenvalue weighted by Gasteiger charge is 2.41. The molecule has 4 rings (SSSR count). The van der Waals surface area contributed by atoms with Crippen molar-refractivity contribution >= 4 is 16.1 Å². The summed E-state index contributed by atoms with van der Waals surface area (Å²) in [5, 5.41) is 0. The molecule has 1 amide bonds. The number of nitrogens with zero attached hydrogens (tertiary/aromatic N) is 2. The van der Waals surface area contributed by atoms with Gasteiger partial charge in [-0.3, -0.25) is 0 Å². The number of carbonyl (C=O) groups excluding carboxylic acids is 1. The molecular weight excluding hydrogens is 477 g/mol. The molecule has 2 N–H and O–H groups in total. The van der Waals surface area contributed by atoms with Crippen LogP contribution >= 0.6 is 0 Å². The van der Waals surface area contributed by atoms with Gasteiger partial charge in [-0.2, -0.15) is 4.31 Å². The van der Waals surface area contributed by atoms with Crippen molar-refractivity contribution < 1.29 is 31.8 Å². The Morgan fingerprint density at radius 1 is 1.14 bits per heavy atom. The molecule has 2 aromatic carbocycles. The molecule has 2 heterocycles. The van der Waals surface area contributed by atoms with Crippen molar-refractivity contribution in [3.8, 4) is 17.4 Å². The number of hydrogen-bond donors (Lipinski definition) is 1. The maximum Gasteiger partial charge on any atom is 0.406 e. The largest absolute Gasteiger partial charge is 0.494 e. The molecule has 9 nitrogen and oxygen atoms in total. The third kappa shape index (κ3) is 5.05. The van der Waals surface area contributed by atoms with Crippen molar-refractivity contribution in [1.29, 1.82) is 0 Å². The highest BCUT2D eigenvalue weighted by Crippen LogP contribution is 2.38. The van der Waals surface area contributed by atoms with E-state index < -0.39 is 28.2 Å². The molecule has 0 unspecified atom stereocenters. The zero-order valence-electron chi connectivity index (χ0n) is 19.1. The molecule has 1 atom stereocenters. The summed E-state index contributed by atoms with van der Waals surface area (Å²) in [6.07, 6.45) is -1.40. The first-order valence-corrected chi connectivity index (χ1v) is 12.3. The van der Waals surface area contributed by atoms with Crippen molar-refractivity contribution in [3.63, 3.8) is 0 Å². The van der Waals surface area contributed by atoms with Gasteiger partial charge in [0.2, 0.25) is 15.9 Å². The molecule has 0 bridgehead atoms. The normalized spacial score (nSPS) is 15.8. The Morgan fingerprint density at radius 2 is 1.86 bits per heavy atom. The van der Waals surface area contributed by atoms with Crippen LogP contribution < -0.4 is 15.2 Å². The van der Waals surface area contributed by atoms with Gasteiger partial charge in [0.05, 0.1) is 12.8 Å². The van der Waals surface area contributed by atoms with E-state index in [1.165, 1.54) is 18.2 Å². The zero-order valence-corrected chi connectivity index (χ0v) is 19.9. The summed E-state index contributed by atoms with van der Waals surface area (Å²) in [6.45, 7) is 4.16. The van der Waals surface area contributed by atoms with Gasteiger partial charge < -0.3 is 19.9 Å². The summed E-state index contributed by atoms with van der Waals surface area (Å²) in [4.78, 5) is 15.5. The number of fused-ring (bicyclic) bond motifs is 1. The highest BCUT2D eigenvalue weighted by molar-refractivity contribution is 7.89. The van der Waals surface area contributed by atoms with Crippen LogP contribution in [-0.4, -0.2) is 37.0 Å². The first-order valence-electron chi connectivity index (χ1n) is 10.8. The molecule has 0 saturated carbocycles. The molecule has 1 aromatic heterocycles. The molecule has 0 radical (unpaired) electrons. The molecule has 0 aliphatic carbocycles. The van der Waals surface area contributed by atoms with Crippen molar-refractivity contribution in [2.45, 2.75) is 31.4 Å². The van der Waals surface area contributed by atoms with Gasteiger partial charge in [-0.25, -0.2) is 22.6 Å². The Bertz CT molecular complexity index is 1330. The lowest BCUT2D eigenvalue weighted by atomic mass is 9.94. The van der Waals surface area contributed by atoms with E-state index in [9.17, 15) is 17.6 Å². The molecular formula is C24H24FN3O6S. The van der Waals surface area contributed by atoms with Gasteiger partial charge >= 0.3 is 6.09 Å². The highest BCUT2D eigenvalue weighted by atomic mass is 32.2. The van der Waals surface area contributed by atoms with Crippen molar-refractivity contribution in [2.75, 3.05) is 13.2 Å². The van der Waals surface area contributed by atoms with Crippen LogP contribution in [0.1, 0.15) is 29.8 Å². The second-order valence-corrected chi connectivity index (χ2v) is 9.64. The SMILES string of the molecule is CCOc1ccc(Oc2ccc(S(=O)(=O)N3CCc4c(C)ccc(F)c4[C@@H]3OC(N)=O)cn2)cc1. The Balaban J connectivity index is 1.60. The lowest BCUT2D eigenvalue weighted by Crippen LogP contribution is -2.43. The van der Waals surface area contributed by atoms with Crippen LogP contribution in [0.4, 0.5) is 9.18 Å². The molecule has 1 aliphatic heterocycles. The predicted octanol–water partition coefficient (Wildman–Crippen LogP) is 4.06. The van der Waals surface area contributed by atoms with Gasteiger partial charge in [-0.1, -0.05) is 6.07 Å². The molecule has 0 fully saturated rings. The van der Waals surface area contributed by atoms with Gasteiger partial charge in [0.15, 0.2) is 6.23 Å². The predicted molar refractivity (Wildman–Crippen MR) is 124 cm³/mol. The number of rotatable bonds is 7. The van der Waals surface area contributed by atoms with Gasteiger partial charge in [0, 0.05) is 18.2 Å². The standard InChI is InChI=1S/C24H24FN3O6S/c1-3-32-16-5-7-17(8-6-16)33-21-11-9-18(14-27-21)35(30,31)28-13-12-19-15(2)4-10-20(25)22(19)23(28)34-24(26)29/h4-11,14,23H,3,12-13H2,1-2H3,(H2,26,29)/t23-/m0/s1. The van der Waals surface area contributed by atoms with Crippen molar-refractivity contribution in [2.24, 2.45) is 5.73 Å².